The highest BCUT2D eigenvalue weighted by Crippen LogP contribution is 2.64. The maximum Gasteiger partial charge on any atom is 0.419 e. The molecule has 13 heteroatoms. The zero-order valence-corrected chi connectivity index (χ0v) is 30.2. The van der Waals surface area contributed by atoms with Gasteiger partial charge in [-0.05, 0) is 106 Å². The fourth-order valence-electron chi connectivity index (χ4n) is 4.99. The second-order valence-corrected chi connectivity index (χ2v) is 17.7. The Bertz CT molecular complexity index is 1220. The molecule has 1 fully saturated rings. The molecule has 1 aliphatic rings. The minimum Gasteiger partial charge on any atom is -0.506 e. The van der Waals surface area contributed by atoms with Crippen LogP contribution in [-0.2, 0) is 34.6 Å². The van der Waals surface area contributed by atoms with Crippen LogP contribution in [0.1, 0.15) is 94.1 Å². The van der Waals surface area contributed by atoms with Gasteiger partial charge in [0.25, 0.3) is 0 Å². The van der Waals surface area contributed by atoms with Crippen LogP contribution in [0.5, 0.6) is 5.75 Å². The first-order valence-corrected chi connectivity index (χ1v) is 17.6. The fraction of sp³-hybridized carbons (Fsp3) is 0.719. The molecule has 0 saturated carbocycles. The van der Waals surface area contributed by atoms with E-state index in [9.17, 15) is 24.1 Å². The molecular weight excluding hydrogens is 623 g/mol. The normalized spacial score (nSPS) is 21.2. The zero-order chi connectivity index (χ0) is 34.4. The van der Waals surface area contributed by atoms with E-state index >= 15 is 0 Å². The Labute approximate surface area is 273 Å². The first kappa shape index (κ1) is 38.9. The Morgan fingerprint density at radius 2 is 1.51 bits per heavy atom. The standard InChI is InChI=1S/C32H52ClN2O9P/c1-11-41-45(40)19-18-34(21-23-14-15-25(36)24(33)20-23)22-32(45,26(37)42-29(2,3)4)16-12-13-17-35(27(38)43-30(5,6)7)28(39)44-31(8,9)10/h14-15,20,36H,11-13,16-19,21-22H2,1-10H3. The van der Waals surface area contributed by atoms with Gasteiger partial charge in [0.1, 0.15) is 22.6 Å². The number of ether oxygens (including phenoxy) is 3. The van der Waals surface area contributed by atoms with Crippen LogP contribution in [0.3, 0.4) is 0 Å². The van der Waals surface area contributed by atoms with Crippen molar-refractivity contribution in [3.8, 4) is 5.75 Å². The van der Waals surface area contributed by atoms with Crippen molar-refractivity contribution in [2.45, 2.75) is 117 Å². The summed E-state index contributed by atoms with van der Waals surface area (Å²) >= 11 is 6.15. The molecule has 0 bridgehead atoms. The van der Waals surface area contributed by atoms with E-state index in [2.05, 4.69) is 0 Å². The van der Waals surface area contributed by atoms with E-state index in [0.717, 1.165) is 10.5 Å². The van der Waals surface area contributed by atoms with E-state index in [4.69, 9.17) is 30.3 Å². The molecule has 1 N–H and O–H groups in total. The van der Waals surface area contributed by atoms with Gasteiger partial charge in [-0.3, -0.25) is 14.3 Å². The summed E-state index contributed by atoms with van der Waals surface area (Å²) in [6.07, 6.45) is -0.818. The van der Waals surface area contributed by atoms with Crippen molar-refractivity contribution in [1.29, 1.82) is 0 Å². The predicted octanol–water partition coefficient (Wildman–Crippen LogP) is 7.60. The van der Waals surface area contributed by atoms with Crippen molar-refractivity contribution in [1.82, 2.24) is 9.80 Å². The van der Waals surface area contributed by atoms with Crippen LogP contribution in [0, 0.1) is 0 Å². The van der Waals surface area contributed by atoms with Crippen LogP contribution >= 0.6 is 19.0 Å². The van der Waals surface area contributed by atoms with Gasteiger partial charge in [-0.1, -0.05) is 17.7 Å². The van der Waals surface area contributed by atoms with Crippen LogP contribution in [0.2, 0.25) is 5.02 Å². The Morgan fingerprint density at radius 3 is 2.00 bits per heavy atom. The van der Waals surface area contributed by atoms with Crippen LogP contribution in [-0.4, -0.2) is 87.4 Å². The molecule has 0 spiro atoms. The number of amides is 2. The second kappa shape index (κ2) is 15.1. The molecule has 1 aromatic carbocycles. The van der Waals surface area contributed by atoms with E-state index in [0.29, 0.717) is 19.5 Å². The largest absolute Gasteiger partial charge is 0.506 e. The zero-order valence-electron chi connectivity index (χ0n) is 28.5. The van der Waals surface area contributed by atoms with E-state index in [1.54, 1.807) is 81.4 Å². The maximum atomic E-state index is 14.6. The van der Waals surface area contributed by atoms with Gasteiger partial charge in [0, 0.05) is 32.3 Å². The Balaban J connectivity index is 2.40. The van der Waals surface area contributed by atoms with Crippen molar-refractivity contribution in [2.75, 3.05) is 32.4 Å². The maximum absolute atomic E-state index is 14.6. The number of hydrogen-bond acceptors (Lipinski definition) is 10. The predicted molar refractivity (Wildman–Crippen MR) is 174 cm³/mol. The second-order valence-electron chi connectivity index (χ2n) is 14.4. The number of imide groups is 1. The molecule has 11 nitrogen and oxygen atoms in total. The third-order valence-electron chi connectivity index (χ3n) is 6.83. The van der Waals surface area contributed by atoms with Crippen LogP contribution in [0.15, 0.2) is 18.2 Å². The number of esters is 1. The van der Waals surface area contributed by atoms with Gasteiger partial charge in [-0.25, -0.2) is 14.5 Å². The smallest absolute Gasteiger partial charge is 0.419 e. The third kappa shape index (κ3) is 11.5. The van der Waals surface area contributed by atoms with Gasteiger partial charge < -0.3 is 23.8 Å². The number of hydrogen-bond donors (Lipinski definition) is 1. The first-order valence-electron chi connectivity index (χ1n) is 15.4. The lowest BCUT2D eigenvalue weighted by molar-refractivity contribution is -0.160. The summed E-state index contributed by atoms with van der Waals surface area (Å²) in [5.74, 6) is -0.647. The number of phenols is 1. The van der Waals surface area contributed by atoms with E-state index in [1.165, 1.54) is 6.07 Å². The van der Waals surface area contributed by atoms with Crippen LogP contribution in [0.25, 0.3) is 0 Å². The summed E-state index contributed by atoms with van der Waals surface area (Å²) in [6.45, 7) is 18.2. The molecule has 2 rings (SSSR count). The van der Waals surface area contributed by atoms with Crippen molar-refractivity contribution >= 4 is 37.1 Å². The van der Waals surface area contributed by atoms with Crippen LogP contribution < -0.4 is 0 Å². The highest BCUT2D eigenvalue weighted by Gasteiger charge is 2.59. The molecule has 45 heavy (non-hydrogen) atoms. The van der Waals surface area contributed by atoms with Crippen molar-refractivity contribution in [3.63, 3.8) is 0 Å². The molecule has 1 aromatic rings. The number of halogens is 1. The number of nitrogens with zero attached hydrogens (tertiary/aromatic N) is 2. The van der Waals surface area contributed by atoms with Gasteiger partial charge in [0.2, 0.25) is 7.37 Å². The highest BCUT2D eigenvalue weighted by atomic mass is 35.5. The molecule has 1 heterocycles. The SMILES string of the molecule is CCOP1(=O)CCN(Cc2ccc(O)c(Cl)c2)CC1(CCCCN(C(=O)OC(C)(C)C)C(=O)OC(C)(C)C)C(=O)OC(C)(C)C. The van der Waals surface area contributed by atoms with Crippen molar-refractivity contribution < 1.29 is 42.8 Å². The number of rotatable bonds is 10. The number of benzene rings is 1. The molecule has 2 atom stereocenters. The van der Waals surface area contributed by atoms with Crippen LogP contribution in [0.4, 0.5) is 9.59 Å². The van der Waals surface area contributed by atoms with Gasteiger partial charge in [0.05, 0.1) is 11.6 Å². The molecule has 0 radical (unpaired) electrons. The molecule has 1 saturated heterocycles. The molecule has 256 valence electrons. The average Bonchev–Trinajstić information content (AvgIpc) is 2.85. The monoisotopic (exact) mass is 674 g/mol. The Hall–Kier alpha value is -2.33. The molecule has 0 aliphatic carbocycles. The molecule has 2 amide bonds. The summed E-state index contributed by atoms with van der Waals surface area (Å²) in [7, 11) is -3.59. The topological polar surface area (TPSA) is 132 Å². The lowest BCUT2D eigenvalue weighted by atomic mass is 9.98. The lowest BCUT2D eigenvalue weighted by Crippen LogP contribution is -2.56. The lowest BCUT2D eigenvalue weighted by Gasteiger charge is -2.46. The van der Waals surface area contributed by atoms with Gasteiger partial charge in [-0.2, -0.15) is 0 Å². The van der Waals surface area contributed by atoms with Gasteiger partial charge in [-0.15, -0.1) is 0 Å². The summed E-state index contributed by atoms with van der Waals surface area (Å²) in [4.78, 5) is 43.0. The summed E-state index contributed by atoms with van der Waals surface area (Å²) < 4.78 is 37.4. The van der Waals surface area contributed by atoms with Crippen molar-refractivity contribution in [2.24, 2.45) is 0 Å². The number of phenolic OH excluding ortho intramolecular Hbond substituents is 1. The van der Waals surface area contributed by atoms with Gasteiger partial charge >= 0.3 is 18.2 Å². The van der Waals surface area contributed by atoms with E-state index < -0.39 is 47.5 Å². The Morgan fingerprint density at radius 1 is 0.956 bits per heavy atom. The third-order valence-corrected chi connectivity index (χ3v) is 10.5. The summed E-state index contributed by atoms with van der Waals surface area (Å²) in [5.41, 5.74) is -1.71. The number of carbonyl (C=O) groups is 3. The summed E-state index contributed by atoms with van der Waals surface area (Å²) in [5, 5.41) is 8.57. The fourth-order valence-corrected chi connectivity index (χ4v) is 8.20. The first-order chi connectivity index (χ1) is 20.5. The van der Waals surface area contributed by atoms with E-state index in [-0.39, 0.29) is 49.5 Å². The Kier molecular flexibility index (Phi) is 13.0. The molecular formula is C32H52ClN2O9P. The van der Waals surface area contributed by atoms with Crippen molar-refractivity contribution in [3.05, 3.63) is 28.8 Å². The molecule has 2 unspecified atom stereocenters. The number of unbranched alkanes of at least 4 members (excludes halogenated alkanes) is 1. The minimum atomic E-state index is -3.59. The highest BCUT2D eigenvalue weighted by molar-refractivity contribution is 7.62. The van der Waals surface area contributed by atoms with E-state index in [1.807, 2.05) is 4.90 Å². The molecule has 0 aromatic heterocycles. The van der Waals surface area contributed by atoms with Gasteiger partial charge in [0.15, 0.2) is 5.16 Å². The number of carbonyl (C=O) groups excluding carboxylic acids is 3. The number of aromatic hydroxyl groups is 1. The summed E-state index contributed by atoms with van der Waals surface area (Å²) in [6, 6.07) is 4.91. The average molecular weight is 675 g/mol. The molecule has 1 aliphatic heterocycles. The quantitative estimate of drug-likeness (QED) is 0.115. The minimum absolute atomic E-state index is 0.0326.